The molecule has 0 radical (unpaired) electrons. The molecule has 19 heavy (non-hydrogen) atoms. The lowest BCUT2D eigenvalue weighted by molar-refractivity contribution is 0.199. The molecule has 1 aromatic heterocycles. The zero-order valence-electron chi connectivity index (χ0n) is 10.9. The van der Waals surface area contributed by atoms with Gasteiger partial charge in [-0.3, -0.25) is 0 Å². The summed E-state index contributed by atoms with van der Waals surface area (Å²) < 4.78 is 0. The molecular weight excluding hydrogens is 238 g/mol. The van der Waals surface area contributed by atoms with Crippen molar-refractivity contribution in [3.63, 3.8) is 0 Å². The quantitative estimate of drug-likeness (QED) is 0.913. The monoisotopic (exact) mass is 253 g/mol. The van der Waals surface area contributed by atoms with Crippen LogP contribution >= 0.6 is 0 Å². The summed E-state index contributed by atoms with van der Waals surface area (Å²) in [6, 6.07) is 13.1. The Balaban J connectivity index is 2.42. The molecule has 0 saturated carbocycles. The zero-order valence-corrected chi connectivity index (χ0v) is 10.9. The number of hydrogen-bond donors (Lipinski definition) is 1. The zero-order chi connectivity index (χ0) is 13.8. The van der Waals surface area contributed by atoms with Gasteiger partial charge in [0.25, 0.3) is 0 Å². The van der Waals surface area contributed by atoms with Crippen molar-refractivity contribution in [3.05, 3.63) is 53.7 Å². The standard InChI is InChI=1S/C15H15N3O/c1-11(19)12-7-8-17-15(9-12)18(2)14-6-4-3-5-13(14)10-16/h3-9,11,19H,1-2H3. The van der Waals surface area contributed by atoms with Gasteiger partial charge in [-0.25, -0.2) is 4.98 Å². The van der Waals surface area contributed by atoms with Crippen LogP contribution in [0.1, 0.15) is 24.2 Å². The summed E-state index contributed by atoms with van der Waals surface area (Å²) in [6.45, 7) is 1.71. The minimum absolute atomic E-state index is 0.540. The van der Waals surface area contributed by atoms with Crippen LogP contribution in [0.15, 0.2) is 42.6 Å². The fourth-order valence-corrected chi connectivity index (χ4v) is 1.86. The maximum atomic E-state index is 9.60. The molecule has 0 aliphatic carbocycles. The average Bonchev–Trinajstić information content (AvgIpc) is 2.46. The number of rotatable bonds is 3. The first-order valence-electron chi connectivity index (χ1n) is 6.00. The van der Waals surface area contributed by atoms with E-state index in [-0.39, 0.29) is 0 Å². The van der Waals surface area contributed by atoms with Crippen LogP contribution < -0.4 is 4.90 Å². The van der Waals surface area contributed by atoms with E-state index in [9.17, 15) is 5.11 Å². The third-order valence-electron chi connectivity index (χ3n) is 2.98. The number of benzene rings is 1. The molecule has 1 atom stereocenters. The molecule has 1 unspecified atom stereocenters. The summed E-state index contributed by atoms with van der Waals surface area (Å²) in [5.74, 6) is 0.695. The van der Waals surface area contributed by atoms with E-state index in [2.05, 4.69) is 11.1 Å². The van der Waals surface area contributed by atoms with Crippen molar-refractivity contribution in [3.8, 4) is 6.07 Å². The number of nitrogens with zero attached hydrogens (tertiary/aromatic N) is 3. The van der Waals surface area contributed by atoms with Crippen LogP contribution in [0, 0.1) is 11.3 Å². The van der Waals surface area contributed by atoms with Gasteiger partial charge in [-0.15, -0.1) is 0 Å². The van der Waals surface area contributed by atoms with Gasteiger partial charge in [-0.05, 0) is 36.8 Å². The molecule has 4 nitrogen and oxygen atoms in total. The van der Waals surface area contributed by atoms with Crippen LogP contribution in [-0.4, -0.2) is 17.1 Å². The molecule has 1 N–H and O–H groups in total. The molecule has 0 spiro atoms. The van der Waals surface area contributed by atoms with Crippen molar-refractivity contribution >= 4 is 11.5 Å². The fourth-order valence-electron chi connectivity index (χ4n) is 1.86. The maximum absolute atomic E-state index is 9.60. The molecule has 0 fully saturated rings. The van der Waals surface area contributed by atoms with Crippen molar-refractivity contribution in [1.29, 1.82) is 5.26 Å². The highest BCUT2D eigenvalue weighted by Crippen LogP contribution is 2.26. The summed E-state index contributed by atoms with van der Waals surface area (Å²) in [7, 11) is 1.85. The second kappa shape index (κ2) is 5.51. The Bertz CT molecular complexity index is 617. The SMILES string of the molecule is CC(O)c1ccnc(N(C)c2ccccc2C#N)c1. The Kier molecular flexibility index (Phi) is 3.79. The van der Waals surface area contributed by atoms with E-state index in [0.29, 0.717) is 11.4 Å². The number of pyridine rings is 1. The van der Waals surface area contributed by atoms with E-state index in [1.165, 1.54) is 0 Å². The van der Waals surface area contributed by atoms with Crippen molar-refractivity contribution in [2.45, 2.75) is 13.0 Å². The highest BCUT2D eigenvalue weighted by molar-refractivity contribution is 5.66. The van der Waals surface area contributed by atoms with E-state index >= 15 is 0 Å². The third kappa shape index (κ3) is 2.72. The predicted octanol–water partition coefficient (Wildman–Crippen LogP) is 2.77. The number of aromatic nitrogens is 1. The molecule has 1 heterocycles. The highest BCUT2D eigenvalue weighted by Gasteiger charge is 2.11. The Morgan fingerprint density at radius 1 is 1.32 bits per heavy atom. The first-order chi connectivity index (χ1) is 9.13. The molecule has 0 amide bonds. The number of anilines is 2. The molecule has 0 aliphatic heterocycles. The summed E-state index contributed by atoms with van der Waals surface area (Å²) in [5, 5.41) is 18.7. The van der Waals surface area contributed by atoms with E-state index in [1.807, 2.05) is 36.2 Å². The summed E-state index contributed by atoms with van der Waals surface area (Å²) >= 11 is 0. The largest absolute Gasteiger partial charge is 0.389 e. The number of para-hydroxylation sites is 1. The van der Waals surface area contributed by atoms with Crippen molar-refractivity contribution in [2.24, 2.45) is 0 Å². The molecule has 2 aromatic rings. The Hall–Kier alpha value is -2.38. The van der Waals surface area contributed by atoms with Crippen LogP contribution in [0.25, 0.3) is 0 Å². The third-order valence-corrected chi connectivity index (χ3v) is 2.98. The number of hydrogen-bond acceptors (Lipinski definition) is 4. The van der Waals surface area contributed by atoms with Gasteiger partial charge < -0.3 is 10.0 Å². The molecule has 0 aliphatic rings. The number of nitriles is 1. The predicted molar refractivity (Wildman–Crippen MR) is 74.1 cm³/mol. The van der Waals surface area contributed by atoms with Crippen LogP contribution in [0.5, 0.6) is 0 Å². The molecule has 2 rings (SSSR count). The topological polar surface area (TPSA) is 60.2 Å². The molecule has 1 aromatic carbocycles. The van der Waals surface area contributed by atoms with Crippen molar-refractivity contribution in [1.82, 2.24) is 4.98 Å². The van der Waals surface area contributed by atoms with Gasteiger partial charge in [0, 0.05) is 13.2 Å². The lowest BCUT2D eigenvalue weighted by Gasteiger charge is -2.20. The van der Waals surface area contributed by atoms with Crippen molar-refractivity contribution < 1.29 is 5.11 Å². The van der Waals surface area contributed by atoms with Crippen LogP contribution in [0.3, 0.4) is 0 Å². The Labute approximate surface area is 112 Å². The van der Waals surface area contributed by atoms with E-state index < -0.39 is 6.10 Å². The lowest BCUT2D eigenvalue weighted by Crippen LogP contribution is -2.13. The first-order valence-corrected chi connectivity index (χ1v) is 6.00. The number of aliphatic hydroxyl groups excluding tert-OH is 1. The van der Waals surface area contributed by atoms with E-state index in [4.69, 9.17) is 5.26 Å². The molecule has 0 bridgehead atoms. The minimum Gasteiger partial charge on any atom is -0.389 e. The van der Waals surface area contributed by atoms with E-state index in [0.717, 1.165) is 11.3 Å². The van der Waals surface area contributed by atoms with Gasteiger partial charge in [0.15, 0.2) is 0 Å². The summed E-state index contributed by atoms with van der Waals surface area (Å²) in [4.78, 5) is 6.12. The minimum atomic E-state index is -0.540. The normalized spacial score (nSPS) is 11.7. The van der Waals surface area contributed by atoms with Gasteiger partial charge in [-0.1, -0.05) is 12.1 Å². The molecular formula is C15H15N3O. The second-order valence-electron chi connectivity index (χ2n) is 4.31. The smallest absolute Gasteiger partial charge is 0.133 e. The van der Waals surface area contributed by atoms with Crippen LogP contribution in [0.4, 0.5) is 11.5 Å². The van der Waals surface area contributed by atoms with Crippen LogP contribution in [-0.2, 0) is 0 Å². The maximum Gasteiger partial charge on any atom is 0.133 e. The lowest BCUT2D eigenvalue weighted by atomic mass is 10.1. The van der Waals surface area contributed by atoms with Gasteiger partial charge in [0.1, 0.15) is 11.9 Å². The Morgan fingerprint density at radius 2 is 2.05 bits per heavy atom. The van der Waals surface area contributed by atoms with Gasteiger partial charge in [0.05, 0.1) is 17.4 Å². The van der Waals surface area contributed by atoms with Gasteiger partial charge in [0.2, 0.25) is 0 Å². The van der Waals surface area contributed by atoms with Gasteiger partial charge >= 0.3 is 0 Å². The van der Waals surface area contributed by atoms with Crippen molar-refractivity contribution in [2.75, 3.05) is 11.9 Å². The molecule has 96 valence electrons. The van der Waals surface area contributed by atoms with Gasteiger partial charge in [-0.2, -0.15) is 5.26 Å². The van der Waals surface area contributed by atoms with E-state index in [1.54, 1.807) is 25.3 Å². The average molecular weight is 253 g/mol. The second-order valence-corrected chi connectivity index (χ2v) is 4.31. The first kappa shape index (κ1) is 13.1. The van der Waals surface area contributed by atoms with Crippen LogP contribution in [0.2, 0.25) is 0 Å². The Morgan fingerprint density at radius 3 is 2.74 bits per heavy atom. The fraction of sp³-hybridized carbons (Fsp3) is 0.200. The number of aliphatic hydroxyl groups is 1. The molecule has 4 heteroatoms. The highest BCUT2D eigenvalue weighted by atomic mass is 16.3. The molecule has 0 saturated heterocycles. The summed E-state index contributed by atoms with van der Waals surface area (Å²) in [5.41, 5.74) is 2.18. The summed E-state index contributed by atoms with van der Waals surface area (Å²) in [6.07, 6.45) is 1.12.